The van der Waals surface area contributed by atoms with Crippen LogP contribution in [-0.4, -0.2) is 26.7 Å². The number of imidazole rings is 1. The summed E-state index contributed by atoms with van der Waals surface area (Å²) in [7, 11) is 0. The largest absolute Gasteiger partial charge is 0.586 e. The van der Waals surface area contributed by atoms with Gasteiger partial charge in [-0.1, -0.05) is 0 Å². The van der Waals surface area contributed by atoms with Crippen LogP contribution < -0.4 is 14.8 Å². The highest BCUT2D eigenvalue weighted by molar-refractivity contribution is 6.04. The molecule has 0 fully saturated rings. The van der Waals surface area contributed by atoms with Gasteiger partial charge in [-0.3, -0.25) is 9.36 Å². The second-order valence-corrected chi connectivity index (χ2v) is 5.16. The molecule has 1 aliphatic heterocycles. The maximum Gasteiger partial charge on any atom is 0.586 e. The lowest BCUT2D eigenvalue weighted by Crippen LogP contribution is -2.25. The van der Waals surface area contributed by atoms with Crippen LogP contribution in [0.5, 0.6) is 11.5 Å². The Kier molecular flexibility index (Phi) is 3.34. The maximum absolute atomic E-state index is 13.0. The third-order valence-electron chi connectivity index (χ3n) is 3.44. The van der Waals surface area contributed by atoms with Crippen molar-refractivity contribution in [3.05, 3.63) is 60.8 Å². The van der Waals surface area contributed by atoms with Gasteiger partial charge in [0.1, 0.15) is 12.1 Å². The Labute approximate surface area is 139 Å². The number of anilines is 1. The number of ether oxygens (including phenoxy) is 2. The number of pyridine rings is 1. The zero-order valence-corrected chi connectivity index (χ0v) is 12.5. The number of carbonyl (C=O) groups excluding carboxylic acids is 1. The van der Waals surface area contributed by atoms with Crippen molar-refractivity contribution in [2.24, 2.45) is 0 Å². The third-order valence-corrected chi connectivity index (χ3v) is 3.44. The van der Waals surface area contributed by atoms with Gasteiger partial charge in [0.2, 0.25) is 0 Å². The molecule has 1 aromatic carbocycles. The number of halogens is 2. The SMILES string of the molecule is O=C(Nc1ccc2c(c1)OC(F)(F)O2)c1ccc(-n2ccnc2)nc1. The third kappa shape index (κ3) is 2.99. The molecule has 0 radical (unpaired) electrons. The summed E-state index contributed by atoms with van der Waals surface area (Å²) < 4.78 is 36.4. The van der Waals surface area contributed by atoms with Crippen molar-refractivity contribution in [3.8, 4) is 17.3 Å². The van der Waals surface area contributed by atoms with Crippen LogP contribution in [0.3, 0.4) is 0 Å². The molecule has 0 bridgehead atoms. The molecule has 9 heteroatoms. The molecular weight excluding hydrogens is 334 g/mol. The number of alkyl halides is 2. The molecule has 1 N–H and O–H groups in total. The number of aromatic nitrogens is 3. The van der Waals surface area contributed by atoms with Gasteiger partial charge < -0.3 is 14.8 Å². The molecule has 126 valence electrons. The van der Waals surface area contributed by atoms with Crippen molar-refractivity contribution < 1.29 is 23.0 Å². The minimum Gasteiger partial charge on any atom is -0.395 e. The van der Waals surface area contributed by atoms with E-state index in [0.29, 0.717) is 17.1 Å². The van der Waals surface area contributed by atoms with Gasteiger partial charge in [-0.15, -0.1) is 8.78 Å². The Morgan fingerprint density at radius 2 is 2.00 bits per heavy atom. The summed E-state index contributed by atoms with van der Waals surface area (Å²) in [6.45, 7) is 0. The van der Waals surface area contributed by atoms with E-state index in [0.717, 1.165) is 0 Å². The van der Waals surface area contributed by atoms with Gasteiger partial charge in [0.15, 0.2) is 11.5 Å². The summed E-state index contributed by atoms with van der Waals surface area (Å²) >= 11 is 0. The van der Waals surface area contributed by atoms with E-state index in [4.69, 9.17) is 0 Å². The van der Waals surface area contributed by atoms with Gasteiger partial charge in [-0.25, -0.2) is 9.97 Å². The molecule has 2 aromatic heterocycles. The molecular formula is C16H10F2N4O3. The Morgan fingerprint density at radius 1 is 1.16 bits per heavy atom. The first kappa shape index (κ1) is 15.1. The fourth-order valence-corrected chi connectivity index (χ4v) is 2.30. The van der Waals surface area contributed by atoms with Gasteiger partial charge >= 0.3 is 6.29 Å². The normalized spacial score (nSPS) is 14.3. The van der Waals surface area contributed by atoms with E-state index < -0.39 is 12.2 Å². The van der Waals surface area contributed by atoms with Crippen LogP contribution >= 0.6 is 0 Å². The predicted molar refractivity (Wildman–Crippen MR) is 82.0 cm³/mol. The molecule has 0 unspecified atom stereocenters. The number of benzene rings is 1. The molecule has 3 heterocycles. The second-order valence-electron chi connectivity index (χ2n) is 5.16. The van der Waals surface area contributed by atoms with Crippen LogP contribution in [0.25, 0.3) is 5.82 Å². The first-order valence-corrected chi connectivity index (χ1v) is 7.16. The summed E-state index contributed by atoms with van der Waals surface area (Å²) in [5.74, 6) is -0.0552. The van der Waals surface area contributed by atoms with Gasteiger partial charge in [0.25, 0.3) is 5.91 Å². The summed E-state index contributed by atoms with van der Waals surface area (Å²) in [5, 5.41) is 2.59. The van der Waals surface area contributed by atoms with Crippen molar-refractivity contribution in [2.45, 2.75) is 6.29 Å². The van der Waals surface area contributed by atoms with Crippen molar-refractivity contribution in [1.82, 2.24) is 14.5 Å². The van der Waals surface area contributed by atoms with Crippen LogP contribution in [0.15, 0.2) is 55.2 Å². The molecule has 25 heavy (non-hydrogen) atoms. The van der Waals surface area contributed by atoms with Crippen LogP contribution in [-0.2, 0) is 0 Å². The minimum absolute atomic E-state index is 0.0886. The quantitative estimate of drug-likeness (QED) is 0.790. The van der Waals surface area contributed by atoms with E-state index >= 15 is 0 Å². The Bertz CT molecular complexity index is 927. The molecule has 4 rings (SSSR count). The summed E-state index contributed by atoms with van der Waals surface area (Å²) in [6, 6.07) is 7.26. The second kappa shape index (κ2) is 5.55. The molecule has 1 amide bonds. The van der Waals surface area contributed by atoms with Crippen molar-refractivity contribution in [1.29, 1.82) is 0 Å². The van der Waals surface area contributed by atoms with E-state index in [-0.39, 0.29) is 11.5 Å². The predicted octanol–water partition coefficient (Wildman–Crippen LogP) is 2.84. The lowest BCUT2D eigenvalue weighted by Gasteiger charge is -2.07. The fraction of sp³-hybridized carbons (Fsp3) is 0.0625. The number of rotatable bonds is 3. The van der Waals surface area contributed by atoms with Crippen LogP contribution in [0.4, 0.5) is 14.5 Å². The number of hydrogen-bond donors (Lipinski definition) is 1. The van der Waals surface area contributed by atoms with Crippen molar-refractivity contribution in [3.63, 3.8) is 0 Å². The van der Waals surface area contributed by atoms with Crippen LogP contribution in [0, 0.1) is 0 Å². The highest BCUT2D eigenvalue weighted by Gasteiger charge is 2.43. The number of carbonyl (C=O) groups is 1. The van der Waals surface area contributed by atoms with Gasteiger partial charge in [-0.05, 0) is 24.3 Å². The van der Waals surface area contributed by atoms with Crippen molar-refractivity contribution in [2.75, 3.05) is 5.32 Å². The maximum atomic E-state index is 13.0. The summed E-state index contributed by atoms with van der Waals surface area (Å²) in [5.41, 5.74) is 0.607. The number of nitrogens with one attached hydrogen (secondary N) is 1. The molecule has 7 nitrogen and oxygen atoms in total. The molecule has 0 saturated carbocycles. The molecule has 1 aliphatic rings. The van der Waals surface area contributed by atoms with E-state index in [2.05, 4.69) is 24.8 Å². The highest BCUT2D eigenvalue weighted by Crippen LogP contribution is 2.42. The fourth-order valence-electron chi connectivity index (χ4n) is 2.30. The molecule has 0 saturated heterocycles. The zero-order chi connectivity index (χ0) is 17.4. The van der Waals surface area contributed by atoms with Crippen LogP contribution in [0.1, 0.15) is 10.4 Å². The number of nitrogens with zero attached hydrogens (tertiary/aromatic N) is 3. The topological polar surface area (TPSA) is 78.3 Å². The van der Waals surface area contributed by atoms with Gasteiger partial charge in [0.05, 0.1) is 5.56 Å². The lowest BCUT2D eigenvalue weighted by atomic mass is 10.2. The number of hydrogen-bond acceptors (Lipinski definition) is 5. The number of amides is 1. The zero-order valence-electron chi connectivity index (χ0n) is 12.5. The van der Waals surface area contributed by atoms with E-state index in [1.54, 1.807) is 35.4 Å². The molecule has 3 aromatic rings. The van der Waals surface area contributed by atoms with E-state index in [9.17, 15) is 13.6 Å². The average Bonchev–Trinajstić information content (AvgIpc) is 3.21. The van der Waals surface area contributed by atoms with Crippen molar-refractivity contribution >= 4 is 11.6 Å². The smallest absolute Gasteiger partial charge is 0.395 e. The molecule has 0 atom stereocenters. The highest BCUT2D eigenvalue weighted by atomic mass is 19.3. The van der Waals surface area contributed by atoms with Gasteiger partial charge in [-0.2, -0.15) is 0 Å². The minimum atomic E-state index is -3.70. The first-order valence-electron chi connectivity index (χ1n) is 7.16. The molecule has 0 aliphatic carbocycles. The van der Waals surface area contributed by atoms with E-state index in [1.807, 2.05) is 0 Å². The Morgan fingerprint density at radius 3 is 2.72 bits per heavy atom. The first-order chi connectivity index (χ1) is 12.0. The average molecular weight is 344 g/mol. The standard InChI is InChI=1S/C16H10F2N4O3/c17-16(18)24-12-3-2-11(7-13(12)25-16)21-15(23)10-1-4-14(20-8-10)22-6-5-19-9-22/h1-9H,(H,21,23). The van der Waals surface area contributed by atoms with Gasteiger partial charge in [0, 0.05) is 30.3 Å². The lowest BCUT2D eigenvalue weighted by molar-refractivity contribution is -0.286. The van der Waals surface area contributed by atoms with Crippen LogP contribution in [0.2, 0.25) is 0 Å². The summed E-state index contributed by atoms with van der Waals surface area (Å²) in [6.07, 6.45) is 2.64. The Hall–Kier alpha value is -3.49. The van der Waals surface area contributed by atoms with E-state index in [1.165, 1.54) is 24.4 Å². The molecule has 0 spiro atoms. The number of fused-ring (bicyclic) bond motifs is 1. The monoisotopic (exact) mass is 344 g/mol. The Balaban J connectivity index is 1.49. The summed E-state index contributed by atoms with van der Waals surface area (Å²) in [4.78, 5) is 20.3.